The predicted molar refractivity (Wildman–Crippen MR) is 73.1 cm³/mol. The standard InChI is InChI=1S/C11H15N7O2/c1-13-8-7(20-3)9(16-11(12)15-8)18-5-4-6(17-18)10(19)14-2/h4-5H,1-3H3,(H,14,19)(H3,12,13,15,16). The zero-order chi connectivity index (χ0) is 14.7. The molecule has 0 aliphatic carbocycles. The maximum atomic E-state index is 11.5. The summed E-state index contributed by atoms with van der Waals surface area (Å²) in [6.45, 7) is 0. The summed E-state index contributed by atoms with van der Waals surface area (Å²) in [7, 11) is 4.71. The molecule has 2 rings (SSSR count). The lowest BCUT2D eigenvalue weighted by molar-refractivity contribution is 0.0957. The Hall–Kier alpha value is -2.84. The smallest absolute Gasteiger partial charge is 0.271 e. The molecule has 0 radical (unpaired) electrons. The summed E-state index contributed by atoms with van der Waals surface area (Å²) in [6.07, 6.45) is 1.59. The van der Waals surface area contributed by atoms with Gasteiger partial charge in [-0.1, -0.05) is 0 Å². The fraction of sp³-hybridized carbons (Fsp3) is 0.273. The van der Waals surface area contributed by atoms with Gasteiger partial charge in [0.1, 0.15) is 0 Å². The van der Waals surface area contributed by atoms with Crippen molar-refractivity contribution in [3.05, 3.63) is 18.0 Å². The van der Waals surface area contributed by atoms with Crippen molar-refractivity contribution < 1.29 is 9.53 Å². The Morgan fingerprint density at radius 3 is 2.75 bits per heavy atom. The molecule has 9 heteroatoms. The topological polar surface area (TPSA) is 120 Å². The van der Waals surface area contributed by atoms with Gasteiger partial charge in [0, 0.05) is 20.3 Å². The van der Waals surface area contributed by atoms with E-state index < -0.39 is 0 Å². The number of carbonyl (C=O) groups excluding carboxylic acids is 1. The highest BCUT2D eigenvalue weighted by Crippen LogP contribution is 2.28. The van der Waals surface area contributed by atoms with Gasteiger partial charge in [-0.3, -0.25) is 4.79 Å². The van der Waals surface area contributed by atoms with Crippen LogP contribution in [0.2, 0.25) is 0 Å². The number of methoxy groups -OCH3 is 1. The summed E-state index contributed by atoms with van der Waals surface area (Å²) >= 11 is 0. The van der Waals surface area contributed by atoms with Crippen LogP contribution in [-0.2, 0) is 0 Å². The van der Waals surface area contributed by atoms with Crippen LogP contribution in [0.3, 0.4) is 0 Å². The molecule has 0 unspecified atom stereocenters. The average Bonchev–Trinajstić information content (AvgIpc) is 2.95. The van der Waals surface area contributed by atoms with Crippen LogP contribution >= 0.6 is 0 Å². The highest BCUT2D eigenvalue weighted by atomic mass is 16.5. The molecular formula is C11H15N7O2. The van der Waals surface area contributed by atoms with Gasteiger partial charge in [0.2, 0.25) is 17.5 Å². The summed E-state index contributed by atoms with van der Waals surface area (Å²) in [6, 6.07) is 1.57. The number of hydrogen-bond acceptors (Lipinski definition) is 7. The van der Waals surface area contributed by atoms with E-state index in [1.807, 2.05) is 0 Å². The molecule has 0 saturated heterocycles. The Morgan fingerprint density at radius 2 is 2.15 bits per heavy atom. The first-order valence-corrected chi connectivity index (χ1v) is 5.78. The van der Waals surface area contributed by atoms with Gasteiger partial charge >= 0.3 is 0 Å². The van der Waals surface area contributed by atoms with Crippen molar-refractivity contribution in [1.29, 1.82) is 0 Å². The fourth-order valence-electron chi connectivity index (χ4n) is 1.66. The van der Waals surface area contributed by atoms with Crippen molar-refractivity contribution >= 4 is 17.7 Å². The molecule has 0 aliphatic rings. The lowest BCUT2D eigenvalue weighted by atomic mass is 10.4. The average molecular weight is 277 g/mol. The van der Waals surface area contributed by atoms with Crippen molar-refractivity contribution in [1.82, 2.24) is 25.1 Å². The third kappa shape index (κ3) is 2.32. The normalized spacial score (nSPS) is 10.2. The quantitative estimate of drug-likeness (QED) is 0.698. The molecule has 0 bridgehead atoms. The summed E-state index contributed by atoms with van der Waals surface area (Å²) in [5.41, 5.74) is 5.91. The van der Waals surface area contributed by atoms with E-state index >= 15 is 0 Å². The molecule has 0 aromatic carbocycles. The summed E-state index contributed by atoms with van der Waals surface area (Å²) in [4.78, 5) is 19.6. The van der Waals surface area contributed by atoms with E-state index in [1.165, 1.54) is 18.8 Å². The number of nitrogens with one attached hydrogen (secondary N) is 2. The van der Waals surface area contributed by atoms with Crippen LogP contribution in [0.5, 0.6) is 5.75 Å². The molecular weight excluding hydrogens is 262 g/mol. The molecule has 0 atom stereocenters. The molecule has 0 spiro atoms. The van der Waals surface area contributed by atoms with Crippen molar-refractivity contribution in [3.63, 3.8) is 0 Å². The minimum Gasteiger partial charge on any atom is -0.490 e. The second-order valence-electron chi connectivity index (χ2n) is 3.76. The van der Waals surface area contributed by atoms with Gasteiger partial charge in [0.05, 0.1) is 7.11 Å². The molecule has 106 valence electrons. The Balaban J connectivity index is 2.54. The number of amides is 1. The van der Waals surface area contributed by atoms with Gasteiger partial charge in [0.15, 0.2) is 11.5 Å². The molecule has 9 nitrogen and oxygen atoms in total. The maximum absolute atomic E-state index is 11.5. The molecule has 4 N–H and O–H groups in total. The summed E-state index contributed by atoms with van der Waals surface area (Å²) in [5.74, 6) is 0.945. The number of nitrogen functional groups attached to an aromatic ring is 1. The van der Waals surface area contributed by atoms with Crippen LogP contribution in [0.15, 0.2) is 12.3 Å². The fourth-order valence-corrected chi connectivity index (χ4v) is 1.66. The van der Waals surface area contributed by atoms with Gasteiger partial charge in [-0.05, 0) is 6.07 Å². The number of carbonyl (C=O) groups is 1. The van der Waals surface area contributed by atoms with Gasteiger partial charge in [-0.2, -0.15) is 15.1 Å². The first-order valence-electron chi connectivity index (χ1n) is 5.78. The molecule has 20 heavy (non-hydrogen) atoms. The van der Waals surface area contributed by atoms with E-state index in [-0.39, 0.29) is 17.5 Å². The van der Waals surface area contributed by atoms with Gasteiger partial charge < -0.3 is 21.1 Å². The Bertz CT molecular complexity index is 638. The largest absolute Gasteiger partial charge is 0.490 e. The third-order valence-electron chi connectivity index (χ3n) is 2.57. The second kappa shape index (κ2) is 5.43. The Morgan fingerprint density at radius 1 is 1.40 bits per heavy atom. The van der Waals surface area contributed by atoms with Crippen molar-refractivity contribution in [2.45, 2.75) is 0 Å². The van der Waals surface area contributed by atoms with Gasteiger partial charge in [0.25, 0.3) is 5.91 Å². The number of ether oxygens (including phenoxy) is 1. The monoisotopic (exact) mass is 277 g/mol. The summed E-state index contributed by atoms with van der Waals surface area (Å²) < 4.78 is 6.67. The number of rotatable bonds is 4. The molecule has 0 fully saturated rings. The highest BCUT2D eigenvalue weighted by Gasteiger charge is 2.17. The van der Waals surface area contributed by atoms with Crippen molar-refractivity contribution in [2.75, 3.05) is 32.3 Å². The van der Waals surface area contributed by atoms with E-state index in [9.17, 15) is 4.79 Å². The number of nitrogens with two attached hydrogens (primary N) is 1. The molecule has 1 amide bonds. The molecule has 2 aromatic rings. The van der Waals surface area contributed by atoms with Crippen LogP contribution in [0.4, 0.5) is 11.8 Å². The predicted octanol–water partition coefficient (Wildman–Crippen LogP) is -0.346. The number of nitrogens with zero attached hydrogens (tertiary/aromatic N) is 4. The van der Waals surface area contributed by atoms with E-state index in [0.717, 1.165) is 0 Å². The molecule has 0 saturated carbocycles. The zero-order valence-corrected chi connectivity index (χ0v) is 11.3. The van der Waals surface area contributed by atoms with Crippen LogP contribution in [0, 0.1) is 0 Å². The minimum absolute atomic E-state index is 0.0714. The number of hydrogen-bond donors (Lipinski definition) is 3. The van der Waals surface area contributed by atoms with E-state index in [0.29, 0.717) is 17.4 Å². The maximum Gasteiger partial charge on any atom is 0.271 e. The molecule has 2 aromatic heterocycles. The first kappa shape index (κ1) is 13.6. The number of anilines is 2. The lowest BCUT2D eigenvalue weighted by Crippen LogP contribution is -2.18. The Labute approximate surface area is 115 Å². The van der Waals surface area contributed by atoms with E-state index in [4.69, 9.17) is 10.5 Å². The zero-order valence-electron chi connectivity index (χ0n) is 11.3. The van der Waals surface area contributed by atoms with Crippen LogP contribution in [0.1, 0.15) is 10.5 Å². The minimum atomic E-state index is -0.293. The van der Waals surface area contributed by atoms with Gasteiger partial charge in [-0.15, -0.1) is 0 Å². The first-order chi connectivity index (χ1) is 9.60. The van der Waals surface area contributed by atoms with E-state index in [2.05, 4.69) is 25.7 Å². The SMILES string of the molecule is CNC(=O)c1ccn(-c2nc(N)nc(NC)c2OC)n1. The van der Waals surface area contributed by atoms with Crippen molar-refractivity contribution in [2.24, 2.45) is 0 Å². The van der Waals surface area contributed by atoms with Crippen LogP contribution in [0.25, 0.3) is 5.82 Å². The van der Waals surface area contributed by atoms with E-state index in [1.54, 1.807) is 19.3 Å². The van der Waals surface area contributed by atoms with Crippen LogP contribution in [-0.4, -0.2) is 46.9 Å². The molecule has 2 heterocycles. The van der Waals surface area contributed by atoms with Crippen molar-refractivity contribution in [3.8, 4) is 11.6 Å². The van der Waals surface area contributed by atoms with Crippen LogP contribution < -0.4 is 21.1 Å². The highest BCUT2D eigenvalue weighted by molar-refractivity contribution is 5.91. The summed E-state index contributed by atoms with van der Waals surface area (Å²) in [5, 5.41) is 9.48. The Kier molecular flexibility index (Phi) is 3.69. The second-order valence-corrected chi connectivity index (χ2v) is 3.76. The lowest BCUT2D eigenvalue weighted by Gasteiger charge is -2.12. The molecule has 0 aliphatic heterocycles. The van der Waals surface area contributed by atoms with Gasteiger partial charge in [-0.25, -0.2) is 4.68 Å². The number of aromatic nitrogens is 4. The third-order valence-corrected chi connectivity index (χ3v) is 2.57.